The minimum Gasteiger partial charge on any atom is -0.299 e. The molecule has 96 valence electrons. The first-order chi connectivity index (χ1) is 7.55. The van der Waals surface area contributed by atoms with Gasteiger partial charge in [0.2, 0.25) is 0 Å². The van der Waals surface area contributed by atoms with Crippen molar-refractivity contribution in [2.75, 3.05) is 13.1 Å². The lowest BCUT2D eigenvalue weighted by Gasteiger charge is -2.15. The predicted octanol–water partition coefficient (Wildman–Crippen LogP) is 3.72. The van der Waals surface area contributed by atoms with Crippen LogP contribution in [0.5, 0.6) is 0 Å². The Kier molecular flexibility index (Phi) is 4.83. The van der Waals surface area contributed by atoms with Gasteiger partial charge in [-0.15, -0.1) is 12.4 Å². The van der Waals surface area contributed by atoms with Gasteiger partial charge in [0.25, 0.3) is 0 Å². The highest BCUT2D eigenvalue weighted by molar-refractivity contribution is 5.85. The van der Waals surface area contributed by atoms with Gasteiger partial charge < -0.3 is 0 Å². The monoisotopic (exact) mass is 265 g/mol. The molecule has 1 aliphatic heterocycles. The summed E-state index contributed by atoms with van der Waals surface area (Å²) < 4.78 is 37.4. The molecule has 0 amide bonds. The van der Waals surface area contributed by atoms with Crippen molar-refractivity contribution in [2.24, 2.45) is 0 Å². The number of benzene rings is 1. The van der Waals surface area contributed by atoms with Gasteiger partial charge in [0.05, 0.1) is 5.56 Å². The second kappa shape index (κ2) is 5.74. The lowest BCUT2D eigenvalue weighted by molar-refractivity contribution is -0.137. The highest BCUT2D eigenvalue weighted by atomic mass is 35.5. The van der Waals surface area contributed by atoms with Crippen LogP contribution in [0.25, 0.3) is 0 Å². The van der Waals surface area contributed by atoms with E-state index in [9.17, 15) is 13.2 Å². The molecular formula is C12H15ClF3N. The highest BCUT2D eigenvalue weighted by Crippen LogP contribution is 2.29. The molecule has 0 radical (unpaired) electrons. The first-order valence-electron chi connectivity index (χ1n) is 5.44. The Hall–Kier alpha value is -0.740. The van der Waals surface area contributed by atoms with Gasteiger partial charge in [0.15, 0.2) is 0 Å². The van der Waals surface area contributed by atoms with Gasteiger partial charge in [-0.3, -0.25) is 4.90 Å². The van der Waals surface area contributed by atoms with E-state index >= 15 is 0 Å². The Morgan fingerprint density at radius 1 is 1.12 bits per heavy atom. The zero-order valence-electron chi connectivity index (χ0n) is 9.33. The van der Waals surface area contributed by atoms with E-state index in [-0.39, 0.29) is 12.4 Å². The standard InChI is InChI=1S/C12H14F3N.ClH/c13-12(14,15)11-5-3-4-10(8-11)9-16-6-1-2-7-16;/h3-5,8H,1-2,6-7,9H2;1H. The van der Waals surface area contributed by atoms with Gasteiger partial charge in [-0.1, -0.05) is 18.2 Å². The van der Waals surface area contributed by atoms with E-state index in [1.54, 1.807) is 6.07 Å². The van der Waals surface area contributed by atoms with Crippen molar-refractivity contribution in [2.45, 2.75) is 25.6 Å². The molecule has 0 saturated carbocycles. The fourth-order valence-electron chi connectivity index (χ4n) is 2.04. The van der Waals surface area contributed by atoms with Crippen molar-refractivity contribution in [1.82, 2.24) is 4.90 Å². The predicted molar refractivity (Wildman–Crippen MR) is 63.2 cm³/mol. The van der Waals surface area contributed by atoms with Crippen LogP contribution in [0.1, 0.15) is 24.0 Å². The summed E-state index contributed by atoms with van der Waals surface area (Å²) in [5.74, 6) is 0. The molecule has 1 fully saturated rings. The van der Waals surface area contributed by atoms with Crippen LogP contribution in [0.2, 0.25) is 0 Å². The first-order valence-corrected chi connectivity index (χ1v) is 5.44. The smallest absolute Gasteiger partial charge is 0.299 e. The fraction of sp³-hybridized carbons (Fsp3) is 0.500. The van der Waals surface area contributed by atoms with Crippen molar-refractivity contribution in [3.05, 3.63) is 35.4 Å². The molecular weight excluding hydrogens is 251 g/mol. The number of hydrogen-bond acceptors (Lipinski definition) is 1. The van der Waals surface area contributed by atoms with E-state index < -0.39 is 11.7 Å². The summed E-state index contributed by atoms with van der Waals surface area (Å²) in [6.07, 6.45) is -1.93. The Labute approximate surface area is 105 Å². The summed E-state index contributed by atoms with van der Waals surface area (Å²) in [6, 6.07) is 5.60. The summed E-state index contributed by atoms with van der Waals surface area (Å²) in [6.45, 7) is 2.62. The van der Waals surface area contributed by atoms with Crippen molar-refractivity contribution in [1.29, 1.82) is 0 Å². The second-order valence-electron chi connectivity index (χ2n) is 4.18. The van der Waals surface area contributed by atoms with Crippen molar-refractivity contribution in [3.8, 4) is 0 Å². The fourth-order valence-corrected chi connectivity index (χ4v) is 2.04. The van der Waals surface area contributed by atoms with E-state index in [1.807, 2.05) is 0 Å². The number of rotatable bonds is 2. The molecule has 2 rings (SSSR count). The van der Waals surface area contributed by atoms with E-state index in [1.165, 1.54) is 12.1 Å². The third-order valence-corrected chi connectivity index (χ3v) is 2.86. The summed E-state index contributed by atoms with van der Waals surface area (Å²) in [5.41, 5.74) is 0.195. The maximum atomic E-state index is 12.5. The number of nitrogens with zero attached hydrogens (tertiary/aromatic N) is 1. The average molecular weight is 266 g/mol. The van der Waals surface area contributed by atoms with Gasteiger partial charge in [0, 0.05) is 6.54 Å². The average Bonchev–Trinajstić information content (AvgIpc) is 2.70. The van der Waals surface area contributed by atoms with E-state index in [0.29, 0.717) is 6.54 Å². The van der Waals surface area contributed by atoms with Crippen LogP contribution in [0.15, 0.2) is 24.3 Å². The maximum absolute atomic E-state index is 12.5. The molecule has 1 aromatic rings. The van der Waals surface area contributed by atoms with E-state index in [2.05, 4.69) is 4.90 Å². The van der Waals surface area contributed by atoms with Crippen molar-refractivity contribution >= 4 is 12.4 Å². The number of halogens is 4. The second-order valence-corrected chi connectivity index (χ2v) is 4.18. The van der Waals surface area contributed by atoms with Crippen LogP contribution >= 0.6 is 12.4 Å². The molecule has 1 nitrogen and oxygen atoms in total. The van der Waals surface area contributed by atoms with Crippen LogP contribution in [0, 0.1) is 0 Å². The topological polar surface area (TPSA) is 3.24 Å². The lowest BCUT2D eigenvalue weighted by atomic mass is 10.1. The van der Waals surface area contributed by atoms with E-state index in [0.717, 1.165) is 37.6 Å². The molecule has 1 saturated heterocycles. The molecule has 1 heterocycles. The van der Waals surface area contributed by atoms with Crippen LogP contribution < -0.4 is 0 Å². The van der Waals surface area contributed by atoms with E-state index in [4.69, 9.17) is 0 Å². The Morgan fingerprint density at radius 3 is 2.35 bits per heavy atom. The van der Waals surface area contributed by atoms with Crippen LogP contribution in [-0.4, -0.2) is 18.0 Å². The summed E-state index contributed by atoms with van der Waals surface area (Å²) >= 11 is 0. The van der Waals surface area contributed by atoms with Crippen LogP contribution in [-0.2, 0) is 12.7 Å². The SMILES string of the molecule is Cl.FC(F)(F)c1cccc(CN2CCCC2)c1. The van der Waals surface area contributed by atoms with Gasteiger partial charge in [0.1, 0.15) is 0 Å². The molecule has 0 atom stereocenters. The van der Waals surface area contributed by atoms with Crippen molar-refractivity contribution < 1.29 is 13.2 Å². The highest BCUT2D eigenvalue weighted by Gasteiger charge is 2.30. The van der Waals surface area contributed by atoms with Crippen LogP contribution in [0.4, 0.5) is 13.2 Å². The van der Waals surface area contributed by atoms with Crippen LogP contribution in [0.3, 0.4) is 0 Å². The Bertz CT molecular complexity index is 359. The van der Waals surface area contributed by atoms with Gasteiger partial charge in [-0.2, -0.15) is 13.2 Å². The van der Waals surface area contributed by atoms with Gasteiger partial charge in [-0.25, -0.2) is 0 Å². The normalized spacial score (nSPS) is 16.9. The maximum Gasteiger partial charge on any atom is 0.416 e. The molecule has 5 heteroatoms. The number of alkyl halides is 3. The third kappa shape index (κ3) is 3.89. The number of hydrogen-bond donors (Lipinski definition) is 0. The van der Waals surface area contributed by atoms with Gasteiger partial charge in [-0.05, 0) is 37.6 Å². The number of likely N-dealkylation sites (tertiary alicyclic amines) is 1. The zero-order valence-corrected chi connectivity index (χ0v) is 10.2. The minimum absolute atomic E-state index is 0. The summed E-state index contributed by atoms with van der Waals surface area (Å²) in [5, 5.41) is 0. The molecule has 0 aliphatic carbocycles. The molecule has 0 unspecified atom stereocenters. The minimum atomic E-state index is -4.24. The first kappa shape index (κ1) is 14.3. The molecule has 17 heavy (non-hydrogen) atoms. The summed E-state index contributed by atoms with van der Waals surface area (Å²) in [4.78, 5) is 2.19. The molecule has 0 bridgehead atoms. The Balaban J connectivity index is 0.00000144. The lowest BCUT2D eigenvalue weighted by Crippen LogP contribution is -2.18. The molecule has 0 aromatic heterocycles. The molecule has 1 aromatic carbocycles. The largest absolute Gasteiger partial charge is 0.416 e. The quantitative estimate of drug-likeness (QED) is 0.788. The molecule has 0 N–H and O–H groups in total. The summed E-state index contributed by atoms with van der Waals surface area (Å²) in [7, 11) is 0. The Morgan fingerprint density at radius 2 is 1.76 bits per heavy atom. The third-order valence-electron chi connectivity index (χ3n) is 2.86. The molecule has 1 aliphatic rings. The zero-order chi connectivity index (χ0) is 11.6. The molecule has 0 spiro atoms. The van der Waals surface area contributed by atoms with Crippen molar-refractivity contribution in [3.63, 3.8) is 0 Å². The van der Waals surface area contributed by atoms with Gasteiger partial charge >= 0.3 is 6.18 Å².